The van der Waals surface area contributed by atoms with Gasteiger partial charge in [0, 0.05) is 42.4 Å². The van der Waals surface area contributed by atoms with Gasteiger partial charge in [0.05, 0.1) is 5.39 Å². The Hall–Kier alpha value is -3.22. The van der Waals surface area contributed by atoms with Crippen molar-refractivity contribution in [3.63, 3.8) is 0 Å². The van der Waals surface area contributed by atoms with Gasteiger partial charge in [-0.1, -0.05) is 0 Å². The minimum atomic E-state index is -0.812. The standard InChI is InChI=1S/C21H23N3O4/c1-6-24-10-17(19(26)15-8-7-12(2)22-20(15)24)21(27)28-11-18(25)16-9-13(3)23(5)14(16)4/h7-10H,6,11H2,1-5H3. The average molecular weight is 381 g/mol. The topological polar surface area (TPSA) is 83.2 Å². The summed E-state index contributed by atoms with van der Waals surface area (Å²) in [5, 5.41) is 0.350. The van der Waals surface area contributed by atoms with Gasteiger partial charge >= 0.3 is 5.97 Å². The van der Waals surface area contributed by atoms with Crippen molar-refractivity contribution in [2.75, 3.05) is 6.61 Å². The molecule has 0 saturated carbocycles. The SMILES string of the molecule is CCn1cc(C(=O)OCC(=O)c2cc(C)n(C)c2C)c(=O)c2ccc(C)nc21. The third-order valence-electron chi connectivity index (χ3n) is 5.03. The molecule has 0 N–H and O–H groups in total. The fraction of sp³-hybridized carbons (Fsp3) is 0.333. The lowest BCUT2D eigenvalue weighted by atomic mass is 10.1. The largest absolute Gasteiger partial charge is 0.454 e. The molecule has 0 spiro atoms. The van der Waals surface area contributed by atoms with Crippen LogP contribution >= 0.6 is 0 Å². The van der Waals surface area contributed by atoms with E-state index >= 15 is 0 Å². The maximum atomic E-state index is 12.7. The second kappa shape index (κ2) is 7.42. The Labute approximate surface area is 162 Å². The van der Waals surface area contributed by atoms with Crippen LogP contribution in [0, 0.1) is 20.8 Å². The van der Waals surface area contributed by atoms with Crippen molar-refractivity contribution in [2.45, 2.75) is 34.2 Å². The number of pyridine rings is 2. The number of ketones is 1. The summed E-state index contributed by atoms with van der Waals surface area (Å²) in [5.74, 6) is -1.11. The summed E-state index contributed by atoms with van der Waals surface area (Å²) in [7, 11) is 1.87. The molecule has 7 nitrogen and oxygen atoms in total. The van der Waals surface area contributed by atoms with Crippen molar-refractivity contribution >= 4 is 22.8 Å². The summed E-state index contributed by atoms with van der Waals surface area (Å²) < 4.78 is 8.80. The molecule has 0 fully saturated rings. The van der Waals surface area contributed by atoms with Crippen LogP contribution in [0.15, 0.2) is 29.2 Å². The molecule has 0 radical (unpaired) electrons. The maximum Gasteiger partial charge on any atom is 0.344 e. The van der Waals surface area contributed by atoms with Crippen LogP contribution in [0.5, 0.6) is 0 Å². The number of aromatic nitrogens is 3. The molecular weight excluding hydrogens is 358 g/mol. The predicted molar refractivity (Wildman–Crippen MR) is 106 cm³/mol. The summed E-state index contributed by atoms with van der Waals surface area (Å²) in [6.07, 6.45) is 1.45. The van der Waals surface area contributed by atoms with Gasteiger partial charge in [0.2, 0.25) is 11.2 Å². The number of Topliss-reactive ketones (excluding diaryl/α,β-unsaturated/α-hetero) is 1. The third kappa shape index (κ3) is 3.35. The zero-order valence-corrected chi connectivity index (χ0v) is 16.7. The Morgan fingerprint density at radius 2 is 1.86 bits per heavy atom. The highest BCUT2D eigenvalue weighted by Gasteiger charge is 2.20. The van der Waals surface area contributed by atoms with Crippen LogP contribution < -0.4 is 5.43 Å². The first-order valence-electron chi connectivity index (χ1n) is 9.08. The normalized spacial score (nSPS) is 11.0. The number of carbonyl (C=O) groups excluding carboxylic acids is 2. The summed E-state index contributed by atoms with van der Waals surface area (Å²) in [6, 6.07) is 5.15. The first kappa shape index (κ1) is 19.5. The number of hydrogen-bond acceptors (Lipinski definition) is 5. The first-order chi connectivity index (χ1) is 13.2. The van der Waals surface area contributed by atoms with E-state index in [0.717, 1.165) is 17.1 Å². The van der Waals surface area contributed by atoms with Gasteiger partial charge in [-0.25, -0.2) is 9.78 Å². The van der Waals surface area contributed by atoms with Crippen molar-refractivity contribution in [3.8, 4) is 0 Å². The number of nitrogens with zero attached hydrogens (tertiary/aromatic N) is 3. The van der Waals surface area contributed by atoms with Gasteiger partial charge in [-0.2, -0.15) is 0 Å². The molecule has 0 aromatic carbocycles. The molecule has 0 atom stereocenters. The van der Waals surface area contributed by atoms with E-state index in [1.807, 2.05) is 39.3 Å². The lowest BCUT2D eigenvalue weighted by Gasteiger charge is -2.11. The number of rotatable bonds is 5. The lowest BCUT2D eigenvalue weighted by Crippen LogP contribution is -2.23. The van der Waals surface area contributed by atoms with E-state index in [1.54, 1.807) is 22.8 Å². The molecule has 3 rings (SSSR count). The van der Waals surface area contributed by atoms with Gasteiger partial charge in [0.1, 0.15) is 11.2 Å². The van der Waals surface area contributed by atoms with Crippen LogP contribution in [-0.4, -0.2) is 32.5 Å². The molecule has 0 aliphatic rings. The fourth-order valence-corrected chi connectivity index (χ4v) is 3.17. The monoisotopic (exact) mass is 381 g/mol. The van der Waals surface area contributed by atoms with E-state index in [4.69, 9.17) is 4.74 Å². The van der Waals surface area contributed by atoms with Crippen molar-refractivity contribution in [3.05, 3.63) is 62.8 Å². The number of aryl methyl sites for hydroxylation is 3. The van der Waals surface area contributed by atoms with Crippen molar-refractivity contribution in [2.24, 2.45) is 7.05 Å². The predicted octanol–water partition coefficient (Wildman–Crippen LogP) is 2.72. The number of fused-ring (bicyclic) bond motifs is 1. The summed E-state index contributed by atoms with van der Waals surface area (Å²) in [4.78, 5) is 42.1. The van der Waals surface area contributed by atoms with Crippen LogP contribution in [0.2, 0.25) is 0 Å². The van der Waals surface area contributed by atoms with Gasteiger partial charge in [-0.3, -0.25) is 9.59 Å². The van der Waals surface area contributed by atoms with Crippen molar-refractivity contribution < 1.29 is 14.3 Å². The van der Waals surface area contributed by atoms with E-state index in [-0.39, 0.29) is 11.3 Å². The fourth-order valence-electron chi connectivity index (χ4n) is 3.17. The smallest absolute Gasteiger partial charge is 0.344 e. The van der Waals surface area contributed by atoms with Crippen molar-refractivity contribution in [1.29, 1.82) is 0 Å². The molecule has 3 heterocycles. The van der Waals surface area contributed by atoms with Crippen LogP contribution in [-0.2, 0) is 18.3 Å². The van der Waals surface area contributed by atoms with Crippen LogP contribution in [0.4, 0.5) is 0 Å². The Morgan fingerprint density at radius 3 is 2.46 bits per heavy atom. The van der Waals surface area contributed by atoms with E-state index in [2.05, 4.69) is 4.98 Å². The number of hydrogen-bond donors (Lipinski definition) is 0. The zero-order chi connectivity index (χ0) is 20.6. The van der Waals surface area contributed by atoms with E-state index in [0.29, 0.717) is 23.1 Å². The highest BCUT2D eigenvalue weighted by Crippen LogP contribution is 2.15. The Bertz CT molecular complexity index is 1150. The Kier molecular flexibility index (Phi) is 5.18. The number of esters is 1. The first-order valence-corrected chi connectivity index (χ1v) is 9.08. The minimum absolute atomic E-state index is 0.103. The molecule has 7 heteroatoms. The quantitative estimate of drug-likeness (QED) is 0.501. The molecule has 146 valence electrons. The van der Waals surface area contributed by atoms with E-state index in [1.165, 1.54) is 6.20 Å². The highest BCUT2D eigenvalue weighted by atomic mass is 16.5. The summed E-state index contributed by atoms with van der Waals surface area (Å²) in [6.45, 7) is 7.58. The highest BCUT2D eigenvalue weighted by molar-refractivity contribution is 6.00. The van der Waals surface area contributed by atoms with Crippen molar-refractivity contribution in [1.82, 2.24) is 14.1 Å². The maximum absolute atomic E-state index is 12.7. The summed E-state index contributed by atoms with van der Waals surface area (Å²) in [5.41, 5.74) is 3.01. The molecule has 0 unspecified atom stereocenters. The molecule has 0 saturated heterocycles. The molecule has 3 aromatic rings. The Morgan fingerprint density at radius 1 is 1.14 bits per heavy atom. The van der Waals surface area contributed by atoms with E-state index in [9.17, 15) is 14.4 Å². The van der Waals surface area contributed by atoms with Gasteiger partial charge in [-0.05, 0) is 45.9 Å². The Balaban J connectivity index is 1.88. The van der Waals surface area contributed by atoms with Gasteiger partial charge in [-0.15, -0.1) is 0 Å². The van der Waals surface area contributed by atoms with Gasteiger partial charge < -0.3 is 13.9 Å². The summed E-state index contributed by atoms with van der Waals surface area (Å²) >= 11 is 0. The molecule has 0 aliphatic heterocycles. The lowest BCUT2D eigenvalue weighted by molar-refractivity contribution is 0.0472. The third-order valence-corrected chi connectivity index (χ3v) is 5.03. The minimum Gasteiger partial charge on any atom is -0.454 e. The molecular formula is C21H23N3O4. The molecule has 0 aliphatic carbocycles. The van der Waals surface area contributed by atoms with Crippen LogP contribution in [0.25, 0.3) is 11.0 Å². The van der Waals surface area contributed by atoms with Gasteiger partial charge in [0.25, 0.3) is 0 Å². The van der Waals surface area contributed by atoms with Crippen LogP contribution in [0.3, 0.4) is 0 Å². The molecule has 0 amide bonds. The number of carbonyl (C=O) groups is 2. The van der Waals surface area contributed by atoms with Gasteiger partial charge in [0.15, 0.2) is 6.61 Å². The number of ether oxygens (including phenoxy) is 1. The molecule has 3 aromatic heterocycles. The molecule has 28 heavy (non-hydrogen) atoms. The van der Waals surface area contributed by atoms with E-state index < -0.39 is 18.0 Å². The second-order valence-electron chi connectivity index (χ2n) is 6.82. The zero-order valence-electron chi connectivity index (χ0n) is 16.7. The van der Waals surface area contributed by atoms with Crippen LogP contribution in [0.1, 0.15) is 44.7 Å². The average Bonchev–Trinajstić information content (AvgIpc) is 2.93. The molecule has 0 bridgehead atoms. The second-order valence-corrected chi connectivity index (χ2v) is 6.82.